The molecule has 1 amide bonds. The van der Waals surface area contributed by atoms with Crippen LogP contribution < -0.4 is 20.1 Å². The summed E-state index contributed by atoms with van der Waals surface area (Å²) in [6, 6.07) is 13.3. The number of nitriles is 1. The second-order valence-corrected chi connectivity index (χ2v) is 11.9. The first-order valence-electron chi connectivity index (χ1n) is 12.4. The van der Waals surface area contributed by atoms with Crippen LogP contribution in [0.1, 0.15) is 26.5 Å². The fraction of sp³-hybridized carbons (Fsp3) is 0.214. The second kappa shape index (κ2) is 10.5. The zero-order chi connectivity index (χ0) is 29.4. The first-order valence-corrected chi connectivity index (χ1v) is 14.3. The van der Waals surface area contributed by atoms with Crippen molar-refractivity contribution in [2.45, 2.75) is 31.4 Å². The minimum absolute atomic E-state index is 0.167. The smallest absolute Gasteiger partial charge is 0.257 e. The number of hydrogen-bond acceptors (Lipinski definition) is 11. The molecule has 4 aromatic heterocycles. The monoisotopic (exact) mass is 571 g/mol. The molecule has 0 unspecified atom stereocenters. The van der Waals surface area contributed by atoms with Crippen LogP contribution in [0.3, 0.4) is 0 Å². The Balaban J connectivity index is 1.60. The molecular weight excluding hydrogens is 546 g/mol. The summed E-state index contributed by atoms with van der Waals surface area (Å²) in [4.78, 5) is 29.1. The molecule has 12 nitrogen and oxygen atoms in total. The van der Waals surface area contributed by atoms with Crippen molar-refractivity contribution >= 4 is 33.1 Å². The number of carbonyl (C=O) groups is 1. The van der Waals surface area contributed by atoms with Gasteiger partial charge < -0.3 is 20.1 Å². The number of pyridine rings is 4. The molecule has 0 spiro atoms. The molecule has 0 saturated heterocycles. The Morgan fingerprint density at radius 2 is 1.83 bits per heavy atom. The standard InChI is InChI=1S/C28H25N7O5S/c1-16(36)32-24-11-22(20(14-31-24)21-7-8-23-27(34-21)39-15-28(2,3)40-23)33-25-9-18(10-26(35-25)41(4,37)38)17-5-6-19(12-29)30-13-17/h5-11,13-14H,15H2,1-4H3,(H2,31,32,33,35,36). The predicted molar refractivity (Wildman–Crippen MR) is 151 cm³/mol. The lowest BCUT2D eigenvalue weighted by molar-refractivity contribution is -0.114. The molecule has 41 heavy (non-hydrogen) atoms. The van der Waals surface area contributed by atoms with Gasteiger partial charge in [0.05, 0.1) is 11.4 Å². The van der Waals surface area contributed by atoms with Crippen LogP contribution in [-0.2, 0) is 14.6 Å². The van der Waals surface area contributed by atoms with Gasteiger partial charge in [-0.1, -0.05) is 0 Å². The van der Waals surface area contributed by atoms with Gasteiger partial charge in [-0.2, -0.15) is 5.26 Å². The highest BCUT2D eigenvalue weighted by atomic mass is 32.2. The maximum Gasteiger partial charge on any atom is 0.257 e. The first-order chi connectivity index (χ1) is 19.4. The molecule has 0 saturated carbocycles. The molecule has 208 valence electrons. The molecule has 0 aromatic carbocycles. The number of rotatable bonds is 6. The highest BCUT2D eigenvalue weighted by Crippen LogP contribution is 2.38. The Bertz CT molecular complexity index is 1820. The van der Waals surface area contributed by atoms with Crippen LogP contribution >= 0.6 is 0 Å². The summed E-state index contributed by atoms with van der Waals surface area (Å²) >= 11 is 0. The van der Waals surface area contributed by atoms with Gasteiger partial charge in [-0.15, -0.1) is 0 Å². The number of fused-ring (bicyclic) bond motifs is 1. The summed E-state index contributed by atoms with van der Waals surface area (Å²) in [5.74, 6) is 0.979. The van der Waals surface area contributed by atoms with Gasteiger partial charge >= 0.3 is 0 Å². The van der Waals surface area contributed by atoms with Crippen LogP contribution in [0.2, 0.25) is 0 Å². The molecule has 5 rings (SSSR count). The van der Waals surface area contributed by atoms with Gasteiger partial charge in [0.15, 0.2) is 20.6 Å². The Morgan fingerprint density at radius 3 is 2.51 bits per heavy atom. The summed E-state index contributed by atoms with van der Waals surface area (Å²) in [6.07, 6.45) is 4.08. The molecule has 0 fully saturated rings. The Hall–Kier alpha value is -5.09. The zero-order valence-corrected chi connectivity index (χ0v) is 23.4. The van der Waals surface area contributed by atoms with Gasteiger partial charge in [0.1, 0.15) is 35.6 Å². The maximum absolute atomic E-state index is 12.5. The normalized spacial score (nSPS) is 13.6. The van der Waals surface area contributed by atoms with Gasteiger partial charge in [-0.3, -0.25) is 4.79 Å². The van der Waals surface area contributed by atoms with E-state index in [0.29, 0.717) is 46.3 Å². The summed E-state index contributed by atoms with van der Waals surface area (Å²) in [7, 11) is -3.70. The van der Waals surface area contributed by atoms with Crippen LogP contribution in [0.25, 0.3) is 22.4 Å². The first kappa shape index (κ1) is 27.5. The van der Waals surface area contributed by atoms with Crippen molar-refractivity contribution < 1.29 is 22.7 Å². The molecule has 0 atom stereocenters. The van der Waals surface area contributed by atoms with Crippen molar-refractivity contribution in [1.29, 1.82) is 5.26 Å². The SMILES string of the molecule is CC(=O)Nc1cc(Nc2cc(-c3ccc(C#N)nc3)cc(S(C)(=O)=O)n2)c(-c2ccc3c(n2)OCC(C)(C)O3)cn1. The van der Waals surface area contributed by atoms with E-state index in [1.54, 1.807) is 36.4 Å². The number of anilines is 3. The zero-order valence-electron chi connectivity index (χ0n) is 22.6. The summed E-state index contributed by atoms with van der Waals surface area (Å²) < 4.78 is 36.8. The Kier molecular flexibility index (Phi) is 7.02. The van der Waals surface area contributed by atoms with E-state index < -0.39 is 15.4 Å². The van der Waals surface area contributed by atoms with Crippen molar-refractivity contribution in [2.75, 3.05) is 23.5 Å². The molecule has 1 aliphatic rings. The van der Waals surface area contributed by atoms with Gasteiger partial charge in [0.2, 0.25) is 5.91 Å². The average Bonchev–Trinajstić information content (AvgIpc) is 2.92. The largest absolute Gasteiger partial charge is 0.479 e. The van der Waals surface area contributed by atoms with Crippen LogP contribution in [-0.4, -0.2) is 52.7 Å². The maximum atomic E-state index is 12.5. The molecule has 0 bridgehead atoms. The summed E-state index contributed by atoms with van der Waals surface area (Å²) in [5.41, 5.74) is 2.29. The Labute approximate surface area is 236 Å². The second-order valence-electron chi connectivity index (χ2n) is 9.97. The van der Waals surface area contributed by atoms with Crippen molar-refractivity contribution in [2.24, 2.45) is 0 Å². The third kappa shape index (κ3) is 6.23. The number of sulfone groups is 1. The number of ether oxygens (including phenoxy) is 2. The minimum atomic E-state index is -3.70. The van der Waals surface area contributed by atoms with Gasteiger partial charge in [-0.25, -0.2) is 28.4 Å². The fourth-order valence-corrected chi connectivity index (χ4v) is 4.64. The number of hydrogen-bond donors (Lipinski definition) is 2. The van der Waals surface area contributed by atoms with E-state index in [1.807, 2.05) is 19.9 Å². The fourth-order valence-electron chi connectivity index (χ4n) is 4.03. The third-order valence-corrected chi connectivity index (χ3v) is 6.88. The molecule has 5 heterocycles. The van der Waals surface area contributed by atoms with E-state index >= 15 is 0 Å². The van der Waals surface area contributed by atoms with Gasteiger partial charge in [0, 0.05) is 42.8 Å². The number of nitrogens with one attached hydrogen (secondary N) is 2. The summed E-state index contributed by atoms with van der Waals surface area (Å²) in [6.45, 7) is 5.50. The third-order valence-electron chi connectivity index (χ3n) is 5.91. The van der Waals surface area contributed by atoms with Crippen molar-refractivity contribution in [3.63, 3.8) is 0 Å². The van der Waals surface area contributed by atoms with Crippen LogP contribution in [0, 0.1) is 11.3 Å². The quantitative estimate of drug-likeness (QED) is 0.341. The Morgan fingerprint density at radius 1 is 1.02 bits per heavy atom. The number of aromatic nitrogens is 4. The molecule has 2 N–H and O–H groups in total. The van der Waals surface area contributed by atoms with Gasteiger partial charge in [0.25, 0.3) is 5.88 Å². The average molecular weight is 572 g/mol. The van der Waals surface area contributed by atoms with E-state index in [-0.39, 0.29) is 28.3 Å². The molecule has 0 radical (unpaired) electrons. The van der Waals surface area contributed by atoms with E-state index in [2.05, 4.69) is 30.6 Å². The summed E-state index contributed by atoms with van der Waals surface area (Å²) in [5, 5.41) is 14.7. The van der Waals surface area contributed by atoms with E-state index in [9.17, 15) is 13.2 Å². The molecule has 4 aromatic rings. The van der Waals surface area contributed by atoms with Crippen LogP contribution in [0.4, 0.5) is 17.3 Å². The number of carbonyl (C=O) groups excluding carboxylic acids is 1. The lowest BCUT2D eigenvalue weighted by Crippen LogP contribution is -2.39. The highest BCUT2D eigenvalue weighted by molar-refractivity contribution is 7.90. The number of amides is 1. The molecule has 1 aliphatic heterocycles. The van der Waals surface area contributed by atoms with E-state index in [0.717, 1.165) is 6.26 Å². The van der Waals surface area contributed by atoms with Crippen molar-refractivity contribution in [3.8, 4) is 40.1 Å². The minimum Gasteiger partial charge on any atom is -0.479 e. The highest BCUT2D eigenvalue weighted by Gasteiger charge is 2.29. The van der Waals surface area contributed by atoms with Crippen LogP contribution in [0.5, 0.6) is 11.6 Å². The van der Waals surface area contributed by atoms with Gasteiger partial charge in [-0.05, 0) is 55.8 Å². The van der Waals surface area contributed by atoms with E-state index in [1.165, 1.54) is 25.4 Å². The topological polar surface area (TPSA) is 169 Å². The lowest BCUT2D eigenvalue weighted by Gasteiger charge is -2.31. The lowest BCUT2D eigenvalue weighted by atomic mass is 10.1. The van der Waals surface area contributed by atoms with Crippen molar-refractivity contribution in [3.05, 3.63) is 60.6 Å². The molecule has 13 heteroatoms. The predicted octanol–water partition coefficient (Wildman–Crippen LogP) is 4.13. The molecule has 0 aliphatic carbocycles. The van der Waals surface area contributed by atoms with Crippen LogP contribution in [0.15, 0.2) is 59.9 Å². The molecular formula is C28H25N7O5S. The number of nitrogens with zero attached hydrogens (tertiary/aromatic N) is 5. The van der Waals surface area contributed by atoms with Crippen molar-refractivity contribution in [1.82, 2.24) is 19.9 Å². The van der Waals surface area contributed by atoms with E-state index in [4.69, 9.17) is 14.7 Å².